The number of nitrogens with zero attached hydrogens (tertiary/aromatic N) is 1. The molecule has 0 saturated heterocycles. The van der Waals surface area contributed by atoms with E-state index in [0.717, 1.165) is 11.4 Å². The number of nitrogens with one attached hydrogen (secondary N) is 1. The summed E-state index contributed by atoms with van der Waals surface area (Å²) in [4.78, 5) is 4.35. The Morgan fingerprint density at radius 3 is 2.37 bits per heavy atom. The molecule has 0 aliphatic rings. The van der Waals surface area contributed by atoms with Crippen molar-refractivity contribution in [3.05, 3.63) is 59.9 Å². The molecule has 3 N–H and O–H groups in total. The van der Waals surface area contributed by atoms with Gasteiger partial charge in [-0.05, 0) is 35.7 Å². The number of aromatic nitrogens is 1. The van der Waals surface area contributed by atoms with Gasteiger partial charge in [-0.2, -0.15) is 0 Å². The normalized spacial score (nSPS) is 12.4. The highest BCUT2D eigenvalue weighted by molar-refractivity contribution is 5.46. The second kappa shape index (κ2) is 6.34. The van der Waals surface area contributed by atoms with Gasteiger partial charge in [0, 0.05) is 18.4 Å². The van der Waals surface area contributed by atoms with Crippen LogP contribution in [0.3, 0.4) is 0 Å². The maximum atomic E-state index is 5.83. The number of benzene rings is 1. The van der Waals surface area contributed by atoms with Gasteiger partial charge in [-0.1, -0.05) is 32.0 Å². The number of pyridine rings is 1. The lowest BCUT2D eigenvalue weighted by atomic mass is 10.0. The summed E-state index contributed by atoms with van der Waals surface area (Å²) in [5.74, 6) is 0.551. The summed E-state index contributed by atoms with van der Waals surface area (Å²) in [6.07, 6.45) is 1.79. The lowest BCUT2D eigenvalue weighted by molar-refractivity contribution is 0.760. The Balaban J connectivity index is 2.10. The van der Waals surface area contributed by atoms with Gasteiger partial charge in [0.25, 0.3) is 0 Å². The molecule has 2 aromatic rings. The van der Waals surface area contributed by atoms with Crippen molar-refractivity contribution >= 4 is 5.69 Å². The van der Waals surface area contributed by atoms with Crippen molar-refractivity contribution in [1.29, 1.82) is 0 Å². The van der Waals surface area contributed by atoms with E-state index in [-0.39, 0.29) is 6.04 Å². The number of hydrogen-bond acceptors (Lipinski definition) is 3. The average Bonchev–Trinajstić information content (AvgIpc) is 2.46. The molecule has 1 aromatic carbocycles. The minimum atomic E-state index is 0.0473. The molecule has 0 aliphatic carbocycles. The van der Waals surface area contributed by atoms with E-state index in [4.69, 9.17) is 5.73 Å². The smallest absolute Gasteiger partial charge is 0.0807 e. The number of nitrogens with two attached hydrogens (primary N) is 1. The van der Waals surface area contributed by atoms with E-state index in [2.05, 4.69) is 48.4 Å². The van der Waals surface area contributed by atoms with Crippen LogP contribution in [-0.4, -0.2) is 11.5 Å². The van der Waals surface area contributed by atoms with E-state index in [1.165, 1.54) is 5.56 Å². The zero-order chi connectivity index (χ0) is 13.7. The van der Waals surface area contributed by atoms with Crippen LogP contribution in [0.25, 0.3) is 0 Å². The van der Waals surface area contributed by atoms with Crippen LogP contribution in [0.1, 0.15) is 37.1 Å². The summed E-state index contributed by atoms with van der Waals surface area (Å²) in [7, 11) is 0. The highest BCUT2D eigenvalue weighted by atomic mass is 15.0. The Morgan fingerprint density at radius 2 is 1.84 bits per heavy atom. The monoisotopic (exact) mass is 255 g/mol. The second-order valence-corrected chi connectivity index (χ2v) is 4.96. The molecular weight excluding hydrogens is 234 g/mol. The Morgan fingerprint density at radius 1 is 1.11 bits per heavy atom. The quantitative estimate of drug-likeness (QED) is 0.861. The van der Waals surface area contributed by atoms with Crippen LogP contribution in [0, 0.1) is 0 Å². The summed E-state index contributed by atoms with van der Waals surface area (Å²) < 4.78 is 0. The van der Waals surface area contributed by atoms with Crippen LogP contribution in [0.2, 0.25) is 0 Å². The predicted molar refractivity (Wildman–Crippen MR) is 80.2 cm³/mol. The van der Waals surface area contributed by atoms with Gasteiger partial charge in [-0.3, -0.25) is 4.98 Å². The zero-order valence-electron chi connectivity index (χ0n) is 11.5. The summed E-state index contributed by atoms with van der Waals surface area (Å²) in [5, 5.41) is 3.42. The summed E-state index contributed by atoms with van der Waals surface area (Å²) in [6, 6.07) is 14.4. The summed E-state index contributed by atoms with van der Waals surface area (Å²) in [5.41, 5.74) is 9.21. The van der Waals surface area contributed by atoms with Crippen LogP contribution in [-0.2, 0) is 0 Å². The molecular formula is C16H21N3. The lowest BCUT2D eigenvalue weighted by Gasteiger charge is -2.18. The molecule has 1 atom stereocenters. The molecule has 0 aliphatic heterocycles. The summed E-state index contributed by atoms with van der Waals surface area (Å²) in [6.45, 7) is 4.90. The summed E-state index contributed by atoms with van der Waals surface area (Å²) >= 11 is 0. The third-order valence-corrected chi connectivity index (χ3v) is 3.20. The molecule has 100 valence electrons. The Labute approximate surface area is 114 Å². The lowest BCUT2D eigenvalue weighted by Crippen LogP contribution is -2.21. The van der Waals surface area contributed by atoms with Crippen molar-refractivity contribution in [2.45, 2.75) is 25.8 Å². The van der Waals surface area contributed by atoms with Gasteiger partial charge in [-0.25, -0.2) is 0 Å². The second-order valence-electron chi connectivity index (χ2n) is 4.96. The first-order valence-electron chi connectivity index (χ1n) is 6.68. The number of hydrogen-bond donors (Lipinski definition) is 2. The molecule has 3 heteroatoms. The number of rotatable bonds is 5. The van der Waals surface area contributed by atoms with Gasteiger partial charge in [0.2, 0.25) is 0 Å². The van der Waals surface area contributed by atoms with Crippen LogP contribution in [0.5, 0.6) is 0 Å². The minimum absolute atomic E-state index is 0.0473. The first kappa shape index (κ1) is 13.6. The fraction of sp³-hybridized carbons (Fsp3) is 0.312. The van der Waals surface area contributed by atoms with E-state index >= 15 is 0 Å². The highest BCUT2D eigenvalue weighted by Crippen LogP contribution is 2.20. The molecule has 0 fully saturated rings. The van der Waals surface area contributed by atoms with Crippen molar-refractivity contribution in [2.75, 3.05) is 11.9 Å². The molecule has 0 radical (unpaired) electrons. The fourth-order valence-electron chi connectivity index (χ4n) is 2.00. The van der Waals surface area contributed by atoms with Gasteiger partial charge in [0.1, 0.15) is 0 Å². The van der Waals surface area contributed by atoms with Gasteiger partial charge < -0.3 is 11.1 Å². The first-order chi connectivity index (χ1) is 9.20. The predicted octanol–water partition coefficient (Wildman–Crippen LogP) is 3.32. The topological polar surface area (TPSA) is 50.9 Å². The molecule has 0 saturated carbocycles. The van der Waals surface area contributed by atoms with Crippen molar-refractivity contribution in [3.63, 3.8) is 0 Å². The van der Waals surface area contributed by atoms with Crippen LogP contribution >= 0.6 is 0 Å². The molecule has 1 unspecified atom stereocenters. The molecule has 2 rings (SSSR count). The fourth-order valence-corrected chi connectivity index (χ4v) is 2.00. The van der Waals surface area contributed by atoms with Crippen molar-refractivity contribution in [2.24, 2.45) is 5.73 Å². The van der Waals surface area contributed by atoms with E-state index in [1.807, 2.05) is 18.2 Å². The molecule has 0 amide bonds. The van der Waals surface area contributed by atoms with E-state index < -0.39 is 0 Å². The maximum absolute atomic E-state index is 5.83. The highest BCUT2D eigenvalue weighted by Gasteiger charge is 2.10. The molecule has 1 heterocycles. The zero-order valence-corrected chi connectivity index (χ0v) is 11.5. The molecule has 1 aromatic heterocycles. The van der Waals surface area contributed by atoms with Crippen LogP contribution in [0.4, 0.5) is 5.69 Å². The van der Waals surface area contributed by atoms with Gasteiger partial charge in [-0.15, -0.1) is 0 Å². The van der Waals surface area contributed by atoms with Crippen molar-refractivity contribution in [1.82, 2.24) is 4.98 Å². The first-order valence-corrected chi connectivity index (χ1v) is 6.68. The standard InChI is InChI=1S/C16H21N3/c1-12(2)13-6-8-14(9-7-13)19-16(11-17)15-5-3-4-10-18-15/h3-10,12,16,19H,11,17H2,1-2H3. The third kappa shape index (κ3) is 3.55. The Kier molecular flexibility index (Phi) is 4.53. The maximum Gasteiger partial charge on any atom is 0.0807 e. The van der Waals surface area contributed by atoms with Crippen molar-refractivity contribution in [3.8, 4) is 0 Å². The number of anilines is 1. The molecule has 19 heavy (non-hydrogen) atoms. The average molecular weight is 255 g/mol. The molecule has 3 nitrogen and oxygen atoms in total. The van der Waals surface area contributed by atoms with Gasteiger partial charge in [0.15, 0.2) is 0 Å². The SMILES string of the molecule is CC(C)c1ccc(NC(CN)c2ccccn2)cc1. The van der Waals surface area contributed by atoms with E-state index in [0.29, 0.717) is 12.5 Å². The largest absolute Gasteiger partial charge is 0.375 e. The van der Waals surface area contributed by atoms with Crippen LogP contribution < -0.4 is 11.1 Å². The Bertz CT molecular complexity index is 491. The van der Waals surface area contributed by atoms with Gasteiger partial charge in [0.05, 0.1) is 11.7 Å². The van der Waals surface area contributed by atoms with Gasteiger partial charge >= 0.3 is 0 Å². The van der Waals surface area contributed by atoms with Crippen molar-refractivity contribution < 1.29 is 0 Å². The Hall–Kier alpha value is -1.87. The third-order valence-electron chi connectivity index (χ3n) is 3.20. The van der Waals surface area contributed by atoms with E-state index in [1.54, 1.807) is 6.20 Å². The van der Waals surface area contributed by atoms with Crippen LogP contribution in [0.15, 0.2) is 48.7 Å². The van der Waals surface area contributed by atoms with E-state index in [9.17, 15) is 0 Å². The minimum Gasteiger partial charge on any atom is -0.375 e. The molecule has 0 bridgehead atoms. The molecule has 0 spiro atoms.